The molecule has 0 radical (unpaired) electrons. The van der Waals surface area contributed by atoms with Crippen molar-refractivity contribution in [3.05, 3.63) is 29.1 Å². The van der Waals surface area contributed by atoms with Crippen molar-refractivity contribution in [2.24, 2.45) is 40.9 Å². The minimum absolute atomic E-state index is 0.125. The van der Waals surface area contributed by atoms with Crippen molar-refractivity contribution in [1.29, 1.82) is 0 Å². The quantitative estimate of drug-likeness (QED) is 0.549. The number of nitrogens with one attached hydrogen (secondary N) is 1. The van der Waals surface area contributed by atoms with Crippen molar-refractivity contribution in [2.75, 3.05) is 13.1 Å². The molecule has 5 saturated carbocycles. The number of aromatic nitrogens is 1. The number of halogens is 3. The lowest BCUT2D eigenvalue weighted by molar-refractivity contribution is -0.146. The highest BCUT2D eigenvalue weighted by Gasteiger charge is 2.51. The zero-order valence-electron chi connectivity index (χ0n) is 21.6. The minimum atomic E-state index is -4.42. The van der Waals surface area contributed by atoms with Gasteiger partial charge in [0.1, 0.15) is 0 Å². The molecule has 0 aromatic carbocycles. The predicted octanol–water partition coefficient (Wildman–Crippen LogP) is 5.84. The molecule has 36 heavy (non-hydrogen) atoms. The SMILES string of the molecule is CC(C)[C@]1(C(=O)N2CCc3ncc(C(F)(F)F)cc3C2)CC[C@@H](NCC2C3CC4CC(C3)CC2C4)C1. The van der Waals surface area contributed by atoms with Gasteiger partial charge in [-0.2, -0.15) is 13.2 Å². The van der Waals surface area contributed by atoms with Crippen LogP contribution in [0.15, 0.2) is 12.3 Å². The van der Waals surface area contributed by atoms with Crippen molar-refractivity contribution < 1.29 is 18.0 Å². The molecular formula is C29H40F3N3O. The second-order valence-electron chi connectivity index (χ2n) is 13.1. The molecule has 1 N–H and O–H groups in total. The van der Waals surface area contributed by atoms with E-state index in [1.54, 1.807) is 0 Å². The number of hydrogen-bond acceptors (Lipinski definition) is 3. The number of alkyl halides is 3. The van der Waals surface area contributed by atoms with Crippen LogP contribution in [0.2, 0.25) is 0 Å². The molecule has 5 fully saturated rings. The third-order valence-corrected chi connectivity index (χ3v) is 10.8. The van der Waals surface area contributed by atoms with E-state index < -0.39 is 17.2 Å². The summed E-state index contributed by atoms with van der Waals surface area (Å²) in [7, 11) is 0. The molecule has 2 atom stereocenters. The van der Waals surface area contributed by atoms with E-state index >= 15 is 0 Å². The summed E-state index contributed by atoms with van der Waals surface area (Å²) in [5.41, 5.74) is 0.0584. The molecule has 2 heterocycles. The Balaban J connectivity index is 1.12. The Labute approximate surface area is 212 Å². The fraction of sp³-hybridized carbons (Fsp3) is 0.793. The van der Waals surface area contributed by atoms with Gasteiger partial charge < -0.3 is 10.2 Å². The van der Waals surface area contributed by atoms with Crippen LogP contribution in [0.3, 0.4) is 0 Å². The van der Waals surface area contributed by atoms with E-state index in [1.807, 2.05) is 4.90 Å². The van der Waals surface area contributed by atoms with Crippen molar-refractivity contribution >= 4 is 5.91 Å². The Bertz CT molecular complexity index is 980. The highest BCUT2D eigenvalue weighted by molar-refractivity contribution is 5.83. The minimum Gasteiger partial charge on any atom is -0.337 e. The number of hydrogen-bond donors (Lipinski definition) is 1. The zero-order chi connectivity index (χ0) is 25.2. The molecular weight excluding hydrogens is 463 g/mol. The molecule has 1 aromatic rings. The summed E-state index contributed by atoms with van der Waals surface area (Å²) in [6.45, 7) is 6.12. The molecule has 4 nitrogen and oxygen atoms in total. The summed E-state index contributed by atoms with van der Waals surface area (Å²) in [4.78, 5) is 19.8. The molecule has 1 aliphatic heterocycles. The predicted molar refractivity (Wildman–Crippen MR) is 132 cm³/mol. The first-order chi connectivity index (χ1) is 17.1. The van der Waals surface area contributed by atoms with Gasteiger partial charge in [-0.15, -0.1) is 0 Å². The fourth-order valence-electron chi connectivity index (χ4n) is 8.96. The zero-order valence-corrected chi connectivity index (χ0v) is 21.6. The van der Waals surface area contributed by atoms with Crippen LogP contribution in [-0.4, -0.2) is 34.9 Å². The van der Waals surface area contributed by atoms with Crippen LogP contribution in [-0.2, 0) is 23.9 Å². The van der Waals surface area contributed by atoms with Crippen LogP contribution < -0.4 is 5.32 Å². The molecule has 5 aliphatic carbocycles. The Hall–Kier alpha value is -1.63. The number of pyridine rings is 1. The van der Waals surface area contributed by atoms with Gasteiger partial charge >= 0.3 is 6.18 Å². The topological polar surface area (TPSA) is 45.2 Å². The maximum atomic E-state index is 14.0. The van der Waals surface area contributed by atoms with E-state index in [-0.39, 0.29) is 18.4 Å². The summed E-state index contributed by atoms with van der Waals surface area (Å²) in [5, 5.41) is 3.91. The maximum absolute atomic E-state index is 14.0. The highest BCUT2D eigenvalue weighted by atomic mass is 19.4. The van der Waals surface area contributed by atoms with Gasteiger partial charge in [-0.25, -0.2) is 0 Å². The van der Waals surface area contributed by atoms with Gasteiger partial charge in [0.2, 0.25) is 5.91 Å². The number of fused-ring (bicyclic) bond motifs is 1. The third kappa shape index (κ3) is 4.27. The monoisotopic (exact) mass is 503 g/mol. The van der Waals surface area contributed by atoms with E-state index in [0.717, 1.165) is 61.6 Å². The second-order valence-corrected chi connectivity index (χ2v) is 13.1. The van der Waals surface area contributed by atoms with Crippen molar-refractivity contribution in [3.8, 4) is 0 Å². The second kappa shape index (κ2) is 8.99. The molecule has 1 aromatic heterocycles. The van der Waals surface area contributed by atoms with Gasteiger partial charge in [-0.3, -0.25) is 9.78 Å². The lowest BCUT2D eigenvalue weighted by Crippen LogP contribution is -2.50. The average molecular weight is 504 g/mol. The number of rotatable bonds is 5. The Morgan fingerprint density at radius 1 is 1.17 bits per heavy atom. The molecule has 0 spiro atoms. The Kier molecular flexibility index (Phi) is 6.17. The normalized spacial score (nSPS) is 37.6. The van der Waals surface area contributed by atoms with Gasteiger partial charge in [0.15, 0.2) is 0 Å². The number of carbonyl (C=O) groups is 1. The Morgan fingerprint density at radius 2 is 1.86 bits per heavy atom. The van der Waals surface area contributed by atoms with E-state index in [0.29, 0.717) is 30.3 Å². The fourth-order valence-corrected chi connectivity index (χ4v) is 8.96. The van der Waals surface area contributed by atoms with E-state index in [1.165, 1.54) is 38.2 Å². The standard InChI is InChI=1S/C29H40F3N3O/c1-17(2)28(27(36)35-6-4-26-22(16-35)12-23(14-34-26)29(30,31)32)5-3-24(13-28)33-15-25-20-8-18-7-19(10-20)11-21(25)9-18/h12,14,17-21,24-25,33H,3-11,13,15-16H2,1-2H3/t18?,19?,20?,21?,24-,25?,28+/m1/s1. The van der Waals surface area contributed by atoms with E-state index in [9.17, 15) is 18.0 Å². The van der Waals surface area contributed by atoms with Gasteiger partial charge in [-0.1, -0.05) is 13.8 Å². The lowest BCUT2D eigenvalue weighted by atomic mass is 9.52. The smallest absolute Gasteiger partial charge is 0.337 e. The lowest BCUT2D eigenvalue weighted by Gasteiger charge is -2.54. The van der Waals surface area contributed by atoms with Gasteiger partial charge in [-0.05, 0) is 105 Å². The van der Waals surface area contributed by atoms with Crippen LogP contribution >= 0.6 is 0 Å². The molecule has 7 rings (SSSR count). The van der Waals surface area contributed by atoms with E-state index in [4.69, 9.17) is 0 Å². The third-order valence-electron chi connectivity index (χ3n) is 10.8. The molecule has 7 heteroatoms. The highest BCUT2D eigenvalue weighted by Crippen LogP contribution is 2.56. The number of amides is 1. The summed E-state index contributed by atoms with van der Waals surface area (Å²) in [5.74, 6) is 4.89. The first-order valence-electron chi connectivity index (χ1n) is 14.2. The average Bonchev–Trinajstić information content (AvgIpc) is 3.27. The van der Waals surface area contributed by atoms with Crippen LogP contribution in [0, 0.1) is 40.9 Å². The van der Waals surface area contributed by atoms with Crippen LogP contribution in [0.5, 0.6) is 0 Å². The largest absolute Gasteiger partial charge is 0.417 e. The molecule has 198 valence electrons. The maximum Gasteiger partial charge on any atom is 0.417 e. The summed E-state index contributed by atoms with van der Waals surface area (Å²) in [6.07, 6.45) is 6.90. The summed E-state index contributed by atoms with van der Waals surface area (Å²) in [6, 6.07) is 1.54. The van der Waals surface area contributed by atoms with Crippen LogP contribution in [0.4, 0.5) is 13.2 Å². The first kappa shape index (κ1) is 24.7. The van der Waals surface area contributed by atoms with E-state index in [2.05, 4.69) is 24.1 Å². The molecule has 4 bridgehead atoms. The van der Waals surface area contributed by atoms with Crippen LogP contribution in [0.1, 0.15) is 82.0 Å². The Morgan fingerprint density at radius 3 is 2.50 bits per heavy atom. The molecule has 1 amide bonds. The van der Waals surface area contributed by atoms with Crippen molar-refractivity contribution in [2.45, 2.75) is 90.4 Å². The first-order valence-corrected chi connectivity index (χ1v) is 14.2. The van der Waals surface area contributed by atoms with Gasteiger partial charge in [0.25, 0.3) is 0 Å². The van der Waals surface area contributed by atoms with Crippen LogP contribution in [0.25, 0.3) is 0 Å². The number of carbonyl (C=O) groups excluding carboxylic acids is 1. The molecule has 6 aliphatic rings. The summed E-state index contributed by atoms with van der Waals surface area (Å²) < 4.78 is 39.7. The van der Waals surface area contributed by atoms with Gasteiger partial charge in [0.05, 0.1) is 11.0 Å². The molecule has 0 saturated heterocycles. The molecule has 0 unspecified atom stereocenters. The van der Waals surface area contributed by atoms with Gasteiger partial charge in [0, 0.05) is 37.4 Å². The number of nitrogens with zero attached hydrogens (tertiary/aromatic N) is 2. The van der Waals surface area contributed by atoms with Crippen molar-refractivity contribution in [3.63, 3.8) is 0 Å². The summed E-state index contributed by atoms with van der Waals surface area (Å²) >= 11 is 0. The van der Waals surface area contributed by atoms with Crippen molar-refractivity contribution in [1.82, 2.24) is 15.2 Å².